The lowest BCUT2D eigenvalue weighted by molar-refractivity contribution is -0.142. The van der Waals surface area contributed by atoms with Gasteiger partial charge in [-0.2, -0.15) is 0 Å². The van der Waals surface area contributed by atoms with Gasteiger partial charge in [0, 0.05) is 32.0 Å². The Morgan fingerprint density at radius 1 is 1.65 bits per heavy atom. The van der Waals surface area contributed by atoms with E-state index in [4.69, 9.17) is 16.7 Å². The van der Waals surface area contributed by atoms with Crippen molar-refractivity contribution < 1.29 is 9.90 Å². The van der Waals surface area contributed by atoms with E-state index in [0.29, 0.717) is 18.1 Å². The highest BCUT2D eigenvalue weighted by atomic mass is 35.5. The summed E-state index contributed by atoms with van der Waals surface area (Å²) in [6, 6.07) is 1.88. The monoisotopic (exact) mass is 254 g/mol. The molecule has 1 aliphatic rings. The van der Waals surface area contributed by atoms with Crippen LogP contribution >= 0.6 is 11.6 Å². The fourth-order valence-electron chi connectivity index (χ4n) is 2.29. The lowest BCUT2D eigenvalue weighted by Gasteiger charge is -2.15. The van der Waals surface area contributed by atoms with Crippen LogP contribution in [0.2, 0.25) is 5.02 Å². The third-order valence-corrected chi connectivity index (χ3v) is 3.60. The quantitative estimate of drug-likeness (QED) is 0.895. The summed E-state index contributed by atoms with van der Waals surface area (Å²) in [4.78, 5) is 17.1. The lowest BCUT2D eigenvalue weighted by Crippen LogP contribution is -2.23. The summed E-state index contributed by atoms with van der Waals surface area (Å²) in [6.07, 6.45) is 3.32. The van der Waals surface area contributed by atoms with Gasteiger partial charge in [-0.05, 0) is 17.5 Å². The van der Waals surface area contributed by atoms with Crippen LogP contribution < -0.4 is 0 Å². The normalized spacial score (nSPS) is 25.1. The number of carbonyl (C=O) groups is 1. The smallest absolute Gasteiger partial charge is 0.308 e. The van der Waals surface area contributed by atoms with Crippen LogP contribution in [-0.2, 0) is 11.3 Å². The molecule has 2 heterocycles. The van der Waals surface area contributed by atoms with Crippen molar-refractivity contribution in [1.82, 2.24) is 9.88 Å². The molecule has 1 saturated heterocycles. The van der Waals surface area contributed by atoms with Gasteiger partial charge in [-0.25, -0.2) is 0 Å². The number of halogens is 1. The summed E-state index contributed by atoms with van der Waals surface area (Å²) in [5.41, 5.74) is 1.000. The maximum atomic E-state index is 11.0. The van der Waals surface area contributed by atoms with E-state index in [0.717, 1.165) is 12.1 Å². The molecule has 0 aliphatic carbocycles. The largest absolute Gasteiger partial charge is 0.481 e. The van der Waals surface area contributed by atoms with Crippen molar-refractivity contribution in [3.63, 3.8) is 0 Å². The molecule has 2 unspecified atom stereocenters. The molecule has 1 aromatic rings. The minimum Gasteiger partial charge on any atom is -0.481 e. The molecule has 92 valence electrons. The van der Waals surface area contributed by atoms with Gasteiger partial charge in [0.2, 0.25) is 0 Å². The van der Waals surface area contributed by atoms with E-state index in [1.165, 1.54) is 0 Å². The van der Waals surface area contributed by atoms with Gasteiger partial charge in [0.1, 0.15) is 0 Å². The van der Waals surface area contributed by atoms with Crippen molar-refractivity contribution in [2.45, 2.75) is 13.5 Å². The highest BCUT2D eigenvalue weighted by Gasteiger charge is 2.34. The third kappa shape index (κ3) is 2.76. The average Bonchev–Trinajstić information content (AvgIpc) is 2.63. The zero-order valence-electron chi connectivity index (χ0n) is 9.64. The van der Waals surface area contributed by atoms with Gasteiger partial charge in [-0.15, -0.1) is 0 Å². The molecule has 0 amide bonds. The average molecular weight is 255 g/mol. The Labute approximate surface area is 105 Å². The number of likely N-dealkylation sites (tertiary alicyclic amines) is 1. The molecule has 4 nitrogen and oxygen atoms in total. The third-order valence-electron chi connectivity index (χ3n) is 3.26. The number of hydrogen-bond donors (Lipinski definition) is 1. The predicted octanol–water partition coefficient (Wildman–Crippen LogP) is 1.89. The molecule has 1 N–H and O–H groups in total. The summed E-state index contributed by atoms with van der Waals surface area (Å²) in [5.74, 6) is -0.787. The molecular weight excluding hydrogens is 240 g/mol. The highest BCUT2D eigenvalue weighted by Crippen LogP contribution is 2.26. The van der Waals surface area contributed by atoms with Gasteiger partial charge >= 0.3 is 5.97 Å². The molecule has 1 aromatic heterocycles. The Hall–Kier alpha value is -1.13. The van der Waals surface area contributed by atoms with E-state index in [1.807, 2.05) is 13.0 Å². The number of nitrogens with zero attached hydrogens (tertiary/aromatic N) is 2. The molecular formula is C12H15ClN2O2. The number of aliphatic carboxylic acids is 1. The maximum Gasteiger partial charge on any atom is 0.308 e. The van der Waals surface area contributed by atoms with Crippen LogP contribution in [0.4, 0.5) is 0 Å². The first-order chi connectivity index (χ1) is 8.08. The number of carboxylic acids is 1. The van der Waals surface area contributed by atoms with Gasteiger partial charge in [-0.1, -0.05) is 18.5 Å². The van der Waals surface area contributed by atoms with Crippen LogP contribution in [0.25, 0.3) is 0 Å². The Balaban J connectivity index is 2.03. The van der Waals surface area contributed by atoms with Gasteiger partial charge in [0.25, 0.3) is 0 Å². The second-order valence-corrected chi connectivity index (χ2v) is 4.99. The lowest BCUT2D eigenvalue weighted by atomic mass is 9.99. The Morgan fingerprint density at radius 3 is 3.00 bits per heavy atom. The summed E-state index contributed by atoms with van der Waals surface area (Å²) in [5, 5.41) is 9.70. The summed E-state index contributed by atoms with van der Waals surface area (Å²) in [6.45, 7) is 4.06. The second kappa shape index (κ2) is 5.02. The van der Waals surface area contributed by atoms with E-state index in [2.05, 4.69) is 9.88 Å². The predicted molar refractivity (Wildman–Crippen MR) is 64.8 cm³/mol. The first kappa shape index (κ1) is 12.3. The molecule has 0 aromatic carbocycles. The van der Waals surface area contributed by atoms with E-state index in [1.54, 1.807) is 12.4 Å². The number of aromatic nitrogens is 1. The van der Waals surface area contributed by atoms with Gasteiger partial charge in [0.15, 0.2) is 0 Å². The van der Waals surface area contributed by atoms with E-state index >= 15 is 0 Å². The van der Waals surface area contributed by atoms with Crippen molar-refractivity contribution >= 4 is 17.6 Å². The van der Waals surface area contributed by atoms with Crippen LogP contribution in [-0.4, -0.2) is 34.0 Å². The first-order valence-corrected chi connectivity index (χ1v) is 5.99. The molecule has 1 aliphatic heterocycles. The van der Waals surface area contributed by atoms with Crippen LogP contribution in [0.15, 0.2) is 18.5 Å². The van der Waals surface area contributed by atoms with Crippen LogP contribution in [0.1, 0.15) is 12.5 Å². The molecule has 0 radical (unpaired) electrons. The van der Waals surface area contributed by atoms with Crippen LogP contribution in [0.3, 0.4) is 0 Å². The van der Waals surface area contributed by atoms with Crippen LogP contribution in [0.5, 0.6) is 0 Å². The fourth-order valence-corrected chi connectivity index (χ4v) is 2.47. The standard InChI is InChI=1S/C12H15ClN2O2/c1-8-5-15(7-10(8)12(16)17)6-9-2-3-14-4-11(9)13/h2-4,8,10H,5-7H2,1H3,(H,16,17). The molecule has 0 bridgehead atoms. The van der Waals surface area contributed by atoms with Gasteiger partial charge in [-0.3, -0.25) is 14.7 Å². The first-order valence-electron chi connectivity index (χ1n) is 5.61. The molecule has 17 heavy (non-hydrogen) atoms. The summed E-state index contributed by atoms with van der Waals surface area (Å²) in [7, 11) is 0. The molecule has 0 spiro atoms. The van der Waals surface area contributed by atoms with Crippen molar-refractivity contribution in [2.75, 3.05) is 13.1 Å². The molecule has 2 atom stereocenters. The molecule has 2 rings (SSSR count). The highest BCUT2D eigenvalue weighted by molar-refractivity contribution is 6.31. The summed E-state index contributed by atoms with van der Waals surface area (Å²) >= 11 is 6.03. The Morgan fingerprint density at radius 2 is 2.41 bits per heavy atom. The second-order valence-electron chi connectivity index (χ2n) is 4.58. The van der Waals surface area contributed by atoms with E-state index in [9.17, 15) is 4.79 Å². The van der Waals surface area contributed by atoms with Crippen molar-refractivity contribution in [1.29, 1.82) is 0 Å². The minimum absolute atomic E-state index is 0.188. The SMILES string of the molecule is CC1CN(Cc2ccncc2Cl)CC1C(=O)O. The number of hydrogen-bond acceptors (Lipinski definition) is 3. The Kier molecular flexibility index (Phi) is 3.64. The molecule has 5 heteroatoms. The van der Waals surface area contributed by atoms with Crippen molar-refractivity contribution in [2.24, 2.45) is 11.8 Å². The van der Waals surface area contributed by atoms with Gasteiger partial charge in [0.05, 0.1) is 10.9 Å². The molecule has 0 saturated carbocycles. The zero-order valence-corrected chi connectivity index (χ0v) is 10.4. The topological polar surface area (TPSA) is 53.4 Å². The fraction of sp³-hybridized carbons (Fsp3) is 0.500. The number of pyridine rings is 1. The Bertz CT molecular complexity index is 425. The number of carboxylic acid groups (broad SMARTS) is 1. The van der Waals surface area contributed by atoms with Crippen LogP contribution in [0, 0.1) is 11.8 Å². The summed E-state index contributed by atoms with van der Waals surface area (Å²) < 4.78 is 0. The maximum absolute atomic E-state index is 11.0. The number of rotatable bonds is 3. The van der Waals surface area contributed by atoms with E-state index < -0.39 is 5.97 Å². The zero-order chi connectivity index (χ0) is 12.4. The van der Waals surface area contributed by atoms with Gasteiger partial charge < -0.3 is 5.11 Å². The minimum atomic E-state index is -0.708. The van der Waals surface area contributed by atoms with Crippen molar-refractivity contribution in [3.05, 3.63) is 29.0 Å². The van der Waals surface area contributed by atoms with Crippen molar-refractivity contribution in [3.8, 4) is 0 Å². The van der Waals surface area contributed by atoms with E-state index in [-0.39, 0.29) is 11.8 Å². The molecule has 1 fully saturated rings.